The maximum atomic E-state index is 12.3. The number of carbonyl (C=O) groups excluding carboxylic acids is 1. The van der Waals surface area contributed by atoms with Gasteiger partial charge in [0.2, 0.25) is 0 Å². The highest BCUT2D eigenvalue weighted by Gasteiger charge is 2.38. The fraction of sp³-hybridized carbons (Fsp3) is 0.938. The molecule has 1 heterocycles. The number of nitrogens with one attached hydrogen (secondary N) is 1. The maximum Gasteiger partial charge on any atom is 0.327 e. The van der Waals surface area contributed by atoms with Crippen LogP contribution in [0.5, 0.6) is 0 Å². The summed E-state index contributed by atoms with van der Waals surface area (Å²) in [6, 6.07) is 0.612. The number of esters is 1. The summed E-state index contributed by atoms with van der Waals surface area (Å²) in [5, 5.41) is 3.41. The predicted molar refractivity (Wildman–Crippen MR) is 82.8 cm³/mol. The van der Waals surface area contributed by atoms with Crippen LogP contribution in [0.4, 0.5) is 0 Å². The van der Waals surface area contributed by atoms with Gasteiger partial charge in [-0.25, -0.2) is 0 Å². The van der Waals surface area contributed by atoms with Crippen molar-refractivity contribution in [1.29, 1.82) is 0 Å². The first kappa shape index (κ1) is 17.4. The van der Waals surface area contributed by atoms with Crippen LogP contribution >= 0.6 is 0 Å². The molecule has 4 heteroatoms. The van der Waals surface area contributed by atoms with Crippen molar-refractivity contribution in [2.45, 2.75) is 71.4 Å². The lowest BCUT2D eigenvalue weighted by Gasteiger charge is -2.41. The van der Waals surface area contributed by atoms with E-state index in [-0.39, 0.29) is 5.97 Å². The minimum Gasteiger partial charge on any atom is -0.465 e. The molecular weight excluding hydrogens is 252 g/mol. The van der Waals surface area contributed by atoms with Crippen LogP contribution in [-0.4, -0.2) is 48.7 Å². The van der Waals surface area contributed by atoms with Gasteiger partial charge in [-0.05, 0) is 52.6 Å². The summed E-state index contributed by atoms with van der Waals surface area (Å²) >= 11 is 0. The molecule has 0 radical (unpaired) electrons. The third-order valence-electron chi connectivity index (χ3n) is 4.23. The van der Waals surface area contributed by atoms with Crippen LogP contribution in [0.1, 0.15) is 59.8 Å². The number of piperidine rings is 1. The van der Waals surface area contributed by atoms with E-state index in [1.165, 1.54) is 19.3 Å². The van der Waals surface area contributed by atoms with Gasteiger partial charge in [0, 0.05) is 12.6 Å². The second kappa shape index (κ2) is 8.63. The van der Waals surface area contributed by atoms with Gasteiger partial charge in [-0.15, -0.1) is 0 Å². The fourth-order valence-corrected chi connectivity index (χ4v) is 3.02. The second-order valence-corrected chi connectivity index (χ2v) is 6.01. The summed E-state index contributed by atoms with van der Waals surface area (Å²) in [5.74, 6) is -0.117. The molecule has 2 atom stereocenters. The highest BCUT2D eigenvalue weighted by molar-refractivity contribution is 5.80. The van der Waals surface area contributed by atoms with Crippen molar-refractivity contribution >= 4 is 5.97 Å². The molecule has 118 valence electrons. The number of likely N-dealkylation sites (tertiary alicyclic amines) is 1. The van der Waals surface area contributed by atoms with Crippen LogP contribution in [0.3, 0.4) is 0 Å². The van der Waals surface area contributed by atoms with Gasteiger partial charge in [0.25, 0.3) is 0 Å². The van der Waals surface area contributed by atoms with Crippen LogP contribution in [0, 0.1) is 0 Å². The minimum atomic E-state index is -0.587. The third-order valence-corrected chi connectivity index (χ3v) is 4.23. The summed E-state index contributed by atoms with van der Waals surface area (Å²) in [5.41, 5.74) is -0.587. The summed E-state index contributed by atoms with van der Waals surface area (Å²) in [6.07, 6.45) is 5.98. The zero-order valence-corrected chi connectivity index (χ0v) is 13.7. The Bertz CT molecular complexity index is 296. The largest absolute Gasteiger partial charge is 0.465 e. The van der Waals surface area contributed by atoms with Crippen molar-refractivity contribution < 1.29 is 9.53 Å². The van der Waals surface area contributed by atoms with E-state index < -0.39 is 5.54 Å². The molecule has 0 aromatic heterocycles. The number of carbonyl (C=O) groups is 1. The van der Waals surface area contributed by atoms with E-state index in [0.717, 1.165) is 32.5 Å². The van der Waals surface area contributed by atoms with Gasteiger partial charge >= 0.3 is 5.97 Å². The van der Waals surface area contributed by atoms with Gasteiger partial charge in [-0.3, -0.25) is 9.69 Å². The standard InChI is InChI=1S/C16H32N2O2/c1-5-11-17-16(4,15(19)20-7-3)13-18-12-9-8-10-14(18)6-2/h14,17H,5-13H2,1-4H3. The van der Waals surface area contributed by atoms with E-state index in [4.69, 9.17) is 4.74 Å². The first-order valence-corrected chi connectivity index (χ1v) is 8.23. The molecule has 0 amide bonds. The normalized spacial score (nSPS) is 23.3. The number of rotatable bonds is 8. The summed E-state index contributed by atoms with van der Waals surface area (Å²) in [6.45, 7) is 11.4. The second-order valence-electron chi connectivity index (χ2n) is 6.01. The molecular formula is C16H32N2O2. The average Bonchev–Trinajstić information content (AvgIpc) is 2.46. The summed E-state index contributed by atoms with van der Waals surface area (Å²) in [4.78, 5) is 14.8. The van der Waals surface area contributed by atoms with Crippen molar-refractivity contribution in [2.75, 3.05) is 26.2 Å². The van der Waals surface area contributed by atoms with E-state index in [0.29, 0.717) is 12.6 Å². The lowest BCUT2D eigenvalue weighted by molar-refractivity contribution is -0.151. The maximum absolute atomic E-state index is 12.3. The van der Waals surface area contributed by atoms with Crippen LogP contribution in [0.2, 0.25) is 0 Å². The summed E-state index contributed by atoms with van der Waals surface area (Å²) < 4.78 is 5.29. The molecule has 1 aliphatic heterocycles. The van der Waals surface area contributed by atoms with E-state index in [1.807, 2.05) is 13.8 Å². The summed E-state index contributed by atoms with van der Waals surface area (Å²) in [7, 11) is 0. The number of hydrogen-bond acceptors (Lipinski definition) is 4. The zero-order chi connectivity index (χ0) is 15.0. The Morgan fingerprint density at radius 2 is 2.10 bits per heavy atom. The van der Waals surface area contributed by atoms with E-state index in [2.05, 4.69) is 24.1 Å². The van der Waals surface area contributed by atoms with Crippen molar-refractivity contribution in [1.82, 2.24) is 10.2 Å². The van der Waals surface area contributed by atoms with Crippen LogP contribution in [-0.2, 0) is 9.53 Å². The van der Waals surface area contributed by atoms with E-state index >= 15 is 0 Å². The van der Waals surface area contributed by atoms with E-state index in [9.17, 15) is 4.79 Å². The topological polar surface area (TPSA) is 41.6 Å². The van der Waals surface area contributed by atoms with Crippen molar-refractivity contribution in [2.24, 2.45) is 0 Å². The lowest BCUT2D eigenvalue weighted by atomic mass is 9.95. The molecule has 1 N–H and O–H groups in total. The smallest absolute Gasteiger partial charge is 0.327 e. The Morgan fingerprint density at radius 3 is 2.70 bits per heavy atom. The molecule has 0 bridgehead atoms. The molecule has 0 aliphatic carbocycles. The molecule has 1 rings (SSSR count). The highest BCUT2D eigenvalue weighted by atomic mass is 16.5. The Balaban J connectivity index is 2.73. The predicted octanol–water partition coefficient (Wildman–Crippen LogP) is 2.57. The first-order chi connectivity index (χ1) is 9.57. The van der Waals surface area contributed by atoms with Crippen molar-refractivity contribution in [3.8, 4) is 0 Å². The molecule has 0 spiro atoms. The Labute approximate surface area is 124 Å². The third kappa shape index (κ3) is 4.74. The van der Waals surface area contributed by atoms with E-state index in [1.54, 1.807) is 0 Å². The zero-order valence-electron chi connectivity index (χ0n) is 13.7. The van der Waals surface area contributed by atoms with Gasteiger partial charge in [0.15, 0.2) is 0 Å². The highest BCUT2D eigenvalue weighted by Crippen LogP contribution is 2.22. The fourth-order valence-electron chi connectivity index (χ4n) is 3.02. The van der Waals surface area contributed by atoms with Gasteiger partial charge < -0.3 is 10.1 Å². The molecule has 0 saturated carbocycles. The molecule has 1 saturated heterocycles. The van der Waals surface area contributed by atoms with Gasteiger partial charge in [-0.1, -0.05) is 20.3 Å². The number of nitrogens with zero attached hydrogens (tertiary/aromatic N) is 1. The number of hydrogen-bond donors (Lipinski definition) is 1. The molecule has 0 aromatic carbocycles. The molecule has 4 nitrogen and oxygen atoms in total. The van der Waals surface area contributed by atoms with Crippen LogP contribution < -0.4 is 5.32 Å². The monoisotopic (exact) mass is 284 g/mol. The van der Waals surface area contributed by atoms with Crippen LogP contribution in [0.15, 0.2) is 0 Å². The minimum absolute atomic E-state index is 0.117. The molecule has 20 heavy (non-hydrogen) atoms. The molecule has 1 fully saturated rings. The molecule has 2 unspecified atom stereocenters. The van der Waals surface area contributed by atoms with Crippen LogP contribution in [0.25, 0.3) is 0 Å². The van der Waals surface area contributed by atoms with Crippen molar-refractivity contribution in [3.05, 3.63) is 0 Å². The van der Waals surface area contributed by atoms with Gasteiger partial charge in [0.05, 0.1) is 6.61 Å². The Morgan fingerprint density at radius 1 is 1.35 bits per heavy atom. The average molecular weight is 284 g/mol. The number of ether oxygens (including phenoxy) is 1. The first-order valence-electron chi connectivity index (χ1n) is 8.23. The lowest BCUT2D eigenvalue weighted by Crippen LogP contribution is -2.59. The Hall–Kier alpha value is -0.610. The van der Waals surface area contributed by atoms with Gasteiger partial charge in [-0.2, -0.15) is 0 Å². The molecule has 0 aromatic rings. The Kier molecular flexibility index (Phi) is 7.52. The molecule has 1 aliphatic rings. The van der Waals surface area contributed by atoms with Crippen molar-refractivity contribution in [3.63, 3.8) is 0 Å². The SMILES string of the molecule is CCCNC(C)(CN1CCCCC1CC)C(=O)OCC. The quantitative estimate of drug-likeness (QED) is 0.696. The van der Waals surface area contributed by atoms with Gasteiger partial charge in [0.1, 0.15) is 5.54 Å².